The summed E-state index contributed by atoms with van der Waals surface area (Å²) in [6.45, 7) is 0. The van der Waals surface area contributed by atoms with Crippen molar-refractivity contribution >= 4 is 27.0 Å². The lowest BCUT2D eigenvalue weighted by Gasteiger charge is -2.07. The third-order valence-electron chi connectivity index (χ3n) is 2.04. The Bertz CT molecular complexity index is 459. The monoisotopic (exact) mass is 252 g/mol. The predicted molar refractivity (Wildman–Crippen MR) is 58.7 cm³/mol. The van der Waals surface area contributed by atoms with E-state index in [1.807, 2.05) is 12.1 Å². The molecule has 0 saturated heterocycles. The van der Waals surface area contributed by atoms with Gasteiger partial charge < -0.3 is 4.74 Å². The van der Waals surface area contributed by atoms with E-state index in [1.54, 1.807) is 19.5 Å². The lowest BCUT2D eigenvalue weighted by atomic mass is 10.2. The molecule has 72 valence electrons. The van der Waals surface area contributed by atoms with E-state index >= 15 is 0 Å². The van der Waals surface area contributed by atoms with Crippen LogP contribution in [-0.2, 0) is 5.33 Å². The van der Waals surface area contributed by atoms with E-state index in [9.17, 15) is 0 Å². The zero-order valence-electron chi connectivity index (χ0n) is 7.70. The SMILES string of the molecule is COc1cnc2cccnc2c1CBr. The van der Waals surface area contributed by atoms with Crippen LogP contribution in [0.5, 0.6) is 5.75 Å². The fourth-order valence-corrected chi connectivity index (χ4v) is 1.90. The van der Waals surface area contributed by atoms with Crippen LogP contribution in [0.25, 0.3) is 11.0 Å². The molecule has 0 aliphatic heterocycles. The number of ether oxygens (including phenoxy) is 1. The molecular formula is C10H9BrN2O. The van der Waals surface area contributed by atoms with Crippen LogP contribution in [0.3, 0.4) is 0 Å². The maximum Gasteiger partial charge on any atom is 0.143 e. The standard InChI is InChI=1S/C10H9BrN2O/c1-14-9-6-13-8-3-2-4-12-10(8)7(9)5-11/h2-4,6H,5H2,1H3. The molecule has 0 aliphatic rings. The van der Waals surface area contributed by atoms with Crippen LogP contribution in [0.15, 0.2) is 24.5 Å². The topological polar surface area (TPSA) is 35.0 Å². The maximum atomic E-state index is 5.21. The van der Waals surface area contributed by atoms with Crippen LogP contribution in [0.4, 0.5) is 0 Å². The van der Waals surface area contributed by atoms with Crippen LogP contribution in [-0.4, -0.2) is 17.1 Å². The van der Waals surface area contributed by atoms with Crippen molar-refractivity contribution in [3.05, 3.63) is 30.1 Å². The molecule has 0 amide bonds. The summed E-state index contributed by atoms with van der Waals surface area (Å²) < 4.78 is 5.21. The van der Waals surface area contributed by atoms with Gasteiger partial charge in [-0.05, 0) is 12.1 Å². The van der Waals surface area contributed by atoms with E-state index in [0.29, 0.717) is 5.33 Å². The summed E-state index contributed by atoms with van der Waals surface area (Å²) in [7, 11) is 1.64. The Hall–Kier alpha value is -1.16. The second-order valence-electron chi connectivity index (χ2n) is 2.81. The average Bonchev–Trinajstić information content (AvgIpc) is 2.27. The van der Waals surface area contributed by atoms with E-state index in [4.69, 9.17) is 4.74 Å². The molecule has 0 radical (unpaired) electrons. The van der Waals surface area contributed by atoms with Crippen molar-refractivity contribution in [1.82, 2.24) is 9.97 Å². The Morgan fingerprint density at radius 3 is 3.00 bits per heavy atom. The Labute approximate surface area is 90.3 Å². The number of rotatable bonds is 2. The number of halogens is 1. The molecule has 0 spiro atoms. The molecule has 0 unspecified atom stereocenters. The van der Waals surface area contributed by atoms with E-state index in [-0.39, 0.29) is 0 Å². The smallest absolute Gasteiger partial charge is 0.143 e. The Kier molecular flexibility index (Phi) is 2.63. The van der Waals surface area contributed by atoms with Crippen molar-refractivity contribution in [3.8, 4) is 5.75 Å². The largest absolute Gasteiger partial charge is 0.495 e. The average molecular weight is 253 g/mol. The van der Waals surface area contributed by atoms with Gasteiger partial charge >= 0.3 is 0 Å². The molecule has 0 aliphatic carbocycles. The van der Waals surface area contributed by atoms with Gasteiger partial charge in [-0.1, -0.05) is 15.9 Å². The van der Waals surface area contributed by atoms with Gasteiger partial charge in [0, 0.05) is 17.1 Å². The first-order valence-corrected chi connectivity index (χ1v) is 5.31. The zero-order chi connectivity index (χ0) is 9.97. The second-order valence-corrected chi connectivity index (χ2v) is 3.37. The van der Waals surface area contributed by atoms with E-state index < -0.39 is 0 Å². The Morgan fingerprint density at radius 1 is 1.43 bits per heavy atom. The number of aromatic nitrogens is 2. The highest BCUT2D eigenvalue weighted by Gasteiger charge is 2.08. The molecule has 0 atom stereocenters. The number of hydrogen-bond acceptors (Lipinski definition) is 3. The molecule has 3 nitrogen and oxygen atoms in total. The van der Waals surface area contributed by atoms with E-state index in [1.165, 1.54) is 0 Å². The summed E-state index contributed by atoms with van der Waals surface area (Å²) >= 11 is 3.42. The summed E-state index contributed by atoms with van der Waals surface area (Å²) in [5.41, 5.74) is 2.82. The molecular weight excluding hydrogens is 244 g/mol. The van der Waals surface area contributed by atoms with Crippen molar-refractivity contribution in [2.45, 2.75) is 5.33 Å². The van der Waals surface area contributed by atoms with Gasteiger partial charge in [-0.3, -0.25) is 9.97 Å². The molecule has 2 aromatic rings. The van der Waals surface area contributed by atoms with Gasteiger partial charge in [0.25, 0.3) is 0 Å². The molecule has 0 N–H and O–H groups in total. The van der Waals surface area contributed by atoms with Crippen LogP contribution in [0.1, 0.15) is 5.56 Å². The zero-order valence-corrected chi connectivity index (χ0v) is 9.28. The summed E-state index contributed by atoms with van der Waals surface area (Å²) in [5, 5.41) is 0.714. The number of fused-ring (bicyclic) bond motifs is 1. The molecule has 2 aromatic heterocycles. The first-order valence-electron chi connectivity index (χ1n) is 4.19. The van der Waals surface area contributed by atoms with Crippen LogP contribution in [0.2, 0.25) is 0 Å². The summed E-state index contributed by atoms with van der Waals surface area (Å²) in [5.74, 6) is 0.771. The molecule has 14 heavy (non-hydrogen) atoms. The van der Waals surface area contributed by atoms with Crippen molar-refractivity contribution in [3.63, 3.8) is 0 Å². The molecule has 0 bridgehead atoms. The molecule has 0 fully saturated rings. The third kappa shape index (κ3) is 1.46. The highest BCUT2D eigenvalue weighted by atomic mass is 79.9. The fraction of sp³-hybridized carbons (Fsp3) is 0.200. The van der Waals surface area contributed by atoms with Crippen molar-refractivity contribution in [2.75, 3.05) is 7.11 Å². The van der Waals surface area contributed by atoms with Crippen LogP contribution < -0.4 is 4.74 Å². The summed E-state index contributed by atoms with van der Waals surface area (Å²) in [6, 6.07) is 3.81. The van der Waals surface area contributed by atoms with Gasteiger partial charge in [0.1, 0.15) is 5.75 Å². The lowest BCUT2D eigenvalue weighted by molar-refractivity contribution is 0.410. The van der Waals surface area contributed by atoms with E-state index in [2.05, 4.69) is 25.9 Å². The lowest BCUT2D eigenvalue weighted by Crippen LogP contribution is -1.94. The number of alkyl halides is 1. The number of methoxy groups -OCH3 is 1. The van der Waals surface area contributed by atoms with Crippen LogP contribution >= 0.6 is 15.9 Å². The summed E-state index contributed by atoms with van der Waals surface area (Å²) in [6.07, 6.45) is 3.48. The van der Waals surface area contributed by atoms with Gasteiger partial charge in [-0.25, -0.2) is 0 Å². The first kappa shape index (κ1) is 9.40. The van der Waals surface area contributed by atoms with Gasteiger partial charge in [-0.15, -0.1) is 0 Å². The molecule has 2 rings (SSSR count). The third-order valence-corrected chi connectivity index (χ3v) is 2.60. The van der Waals surface area contributed by atoms with Crippen molar-refractivity contribution in [2.24, 2.45) is 0 Å². The van der Waals surface area contributed by atoms with Gasteiger partial charge in [0.2, 0.25) is 0 Å². The predicted octanol–water partition coefficient (Wildman–Crippen LogP) is 2.53. The normalized spacial score (nSPS) is 10.4. The molecule has 0 saturated carbocycles. The van der Waals surface area contributed by atoms with E-state index in [0.717, 1.165) is 22.3 Å². The van der Waals surface area contributed by atoms with Gasteiger partial charge in [-0.2, -0.15) is 0 Å². The molecule has 4 heteroatoms. The first-order chi connectivity index (χ1) is 6.86. The highest BCUT2D eigenvalue weighted by molar-refractivity contribution is 9.08. The number of hydrogen-bond donors (Lipinski definition) is 0. The minimum atomic E-state index is 0.714. The molecule has 2 heterocycles. The number of nitrogens with zero attached hydrogens (tertiary/aromatic N) is 2. The van der Waals surface area contributed by atoms with Crippen molar-refractivity contribution in [1.29, 1.82) is 0 Å². The highest BCUT2D eigenvalue weighted by Crippen LogP contribution is 2.26. The Morgan fingerprint density at radius 2 is 2.29 bits per heavy atom. The second kappa shape index (κ2) is 3.92. The van der Waals surface area contributed by atoms with Gasteiger partial charge in [0.05, 0.1) is 24.3 Å². The van der Waals surface area contributed by atoms with Crippen molar-refractivity contribution < 1.29 is 4.74 Å². The molecule has 0 aromatic carbocycles. The number of pyridine rings is 2. The van der Waals surface area contributed by atoms with Gasteiger partial charge in [0.15, 0.2) is 0 Å². The summed E-state index contributed by atoms with van der Waals surface area (Å²) in [4.78, 5) is 8.54. The van der Waals surface area contributed by atoms with Crippen LogP contribution in [0, 0.1) is 0 Å². The quantitative estimate of drug-likeness (QED) is 0.771. The minimum Gasteiger partial charge on any atom is -0.495 e. The maximum absolute atomic E-state index is 5.21. The minimum absolute atomic E-state index is 0.714. The Balaban J connectivity index is 2.77. The fourth-order valence-electron chi connectivity index (χ4n) is 1.36.